The normalized spacial score (nSPS) is 11.8. The van der Waals surface area contributed by atoms with E-state index in [-0.39, 0.29) is 6.10 Å². The summed E-state index contributed by atoms with van der Waals surface area (Å²) in [4.78, 5) is 0. The molecule has 0 unspecified atom stereocenters. The van der Waals surface area contributed by atoms with Crippen LogP contribution in [0.4, 0.5) is 5.69 Å². The Labute approximate surface area is 146 Å². The van der Waals surface area contributed by atoms with E-state index in [0.29, 0.717) is 0 Å². The Hall–Kier alpha value is -2.16. The van der Waals surface area contributed by atoms with Gasteiger partial charge in [0.2, 0.25) is 0 Å². The van der Waals surface area contributed by atoms with Crippen molar-refractivity contribution in [2.45, 2.75) is 52.7 Å². The maximum absolute atomic E-state index is 5.79. The van der Waals surface area contributed by atoms with Crippen molar-refractivity contribution in [2.75, 3.05) is 11.9 Å². The molecular weight excluding hydrogens is 298 g/mol. The summed E-state index contributed by atoms with van der Waals surface area (Å²) in [5.74, 6) is 1.86. The number of ether oxygens (including phenoxy) is 2. The van der Waals surface area contributed by atoms with Crippen molar-refractivity contribution < 1.29 is 9.47 Å². The van der Waals surface area contributed by atoms with Gasteiger partial charge in [0.1, 0.15) is 11.5 Å². The van der Waals surface area contributed by atoms with Crippen LogP contribution in [0.1, 0.15) is 45.6 Å². The molecule has 1 atom stereocenters. The lowest BCUT2D eigenvalue weighted by atomic mass is 10.2. The molecule has 24 heavy (non-hydrogen) atoms. The highest BCUT2D eigenvalue weighted by Gasteiger charge is 2.01. The quantitative estimate of drug-likeness (QED) is 0.572. The Morgan fingerprint density at radius 2 is 1.58 bits per heavy atom. The molecule has 0 radical (unpaired) electrons. The minimum absolute atomic E-state index is 0.252. The molecule has 130 valence electrons. The van der Waals surface area contributed by atoms with Crippen molar-refractivity contribution in [1.29, 1.82) is 0 Å². The molecule has 2 aromatic carbocycles. The summed E-state index contributed by atoms with van der Waals surface area (Å²) in [5.41, 5.74) is 2.33. The van der Waals surface area contributed by atoms with Crippen LogP contribution in [-0.4, -0.2) is 12.7 Å². The van der Waals surface area contributed by atoms with Gasteiger partial charge >= 0.3 is 0 Å². The fraction of sp³-hybridized carbons (Fsp3) is 0.429. The first-order chi connectivity index (χ1) is 11.7. The van der Waals surface area contributed by atoms with Crippen molar-refractivity contribution >= 4 is 5.69 Å². The highest BCUT2D eigenvalue weighted by Crippen LogP contribution is 2.19. The van der Waals surface area contributed by atoms with Crippen LogP contribution in [0.3, 0.4) is 0 Å². The van der Waals surface area contributed by atoms with E-state index in [1.165, 1.54) is 5.56 Å². The summed E-state index contributed by atoms with van der Waals surface area (Å²) in [6, 6.07) is 16.4. The second-order valence-electron chi connectivity index (χ2n) is 6.06. The van der Waals surface area contributed by atoms with Gasteiger partial charge in [-0.3, -0.25) is 0 Å². The molecule has 3 heteroatoms. The molecule has 2 aromatic rings. The summed E-state index contributed by atoms with van der Waals surface area (Å²) >= 11 is 0. The van der Waals surface area contributed by atoms with E-state index < -0.39 is 0 Å². The lowest BCUT2D eigenvalue weighted by Crippen LogP contribution is -2.09. The molecule has 0 amide bonds. The van der Waals surface area contributed by atoms with Gasteiger partial charge in [-0.25, -0.2) is 0 Å². The van der Waals surface area contributed by atoms with Crippen LogP contribution in [0.5, 0.6) is 11.5 Å². The third-order valence-electron chi connectivity index (χ3n) is 3.95. The smallest absolute Gasteiger partial charge is 0.119 e. The molecule has 0 bridgehead atoms. The summed E-state index contributed by atoms with van der Waals surface area (Å²) < 4.78 is 11.5. The van der Waals surface area contributed by atoms with Crippen molar-refractivity contribution in [3.8, 4) is 11.5 Å². The lowest BCUT2D eigenvalue weighted by Gasteiger charge is -2.13. The summed E-state index contributed by atoms with van der Waals surface area (Å²) in [6.07, 6.45) is 3.52. The molecule has 3 nitrogen and oxygen atoms in total. The minimum atomic E-state index is 0.252. The van der Waals surface area contributed by atoms with Gasteiger partial charge in [-0.05, 0) is 61.7 Å². The molecule has 2 rings (SSSR count). The Morgan fingerprint density at radius 3 is 2.21 bits per heavy atom. The number of unbranched alkanes of at least 4 members (excludes halogenated alkanes) is 1. The second-order valence-corrected chi connectivity index (χ2v) is 6.06. The first-order valence-corrected chi connectivity index (χ1v) is 8.93. The van der Waals surface area contributed by atoms with Gasteiger partial charge in [-0.1, -0.05) is 32.4 Å². The molecule has 0 aromatic heterocycles. The number of anilines is 1. The molecule has 0 spiro atoms. The first kappa shape index (κ1) is 18.2. The van der Waals surface area contributed by atoms with E-state index in [1.807, 2.05) is 24.3 Å². The second kappa shape index (κ2) is 9.86. The number of benzene rings is 2. The number of hydrogen-bond donors (Lipinski definition) is 1. The van der Waals surface area contributed by atoms with E-state index in [1.54, 1.807) is 0 Å². The van der Waals surface area contributed by atoms with E-state index in [2.05, 4.69) is 50.4 Å². The SMILES string of the molecule is CCCCOc1ccc(CNc2ccc(O[C@@H](C)CC)cc2)cc1. The maximum Gasteiger partial charge on any atom is 0.119 e. The lowest BCUT2D eigenvalue weighted by molar-refractivity contribution is 0.217. The predicted molar refractivity (Wildman–Crippen MR) is 101 cm³/mol. The molecule has 0 fully saturated rings. The Bertz CT molecular complexity index is 578. The molecular formula is C21H29NO2. The van der Waals surface area contributed by atoms with E-state index >= 15 is 0 Å². The zero-order valence-electron chi connectivity index (χ0n) is 15.0. The molecule has 0 saturated carbocycles. The van der Waals surface area contributed by atoms with Gasteiger partial charge in [0.25, 0.3) is 0 Å². The van der Waals surface area contributed by atoms with Gasteiger partial charge < -0.3 is 14.8 Å². The molecule has 0 aliphatic carbocycles. The number of rotatable bonds is 10. The molecule has 0 saturated heterocycles. The molecule has 0 heterocycles. The highest BCUT2D eigenvalue weighted by atomic mass is 16.5. The van der Waals surface area contributed by atoms with Crippen molar-refractivity contribution in [3.05, 3.63) is 54.1 Å². The highest BCUT2D eigenvalue weighted by molar-refractivity contribution is 5.47. The Kier molecular flexibility index (Phi) is 7.47. The third kappa shape index (κ3) is 6.15. The number of hydrogen-bond acceptors (Lipinski definition) is 3. The fourth-order valence-corrected chi connectivity index (χ4v) is 2.21. The van der Waals surface area contributed by atoms with Crippen LogP contribution in [0.15, 0.2) is 48.5 Å². The van der Waals surface area contributed by atoms with Crippen LogP contribution in [-0.2, 0) is 6.54 Å². The first-order valence-electron chi connectivity index (χ1n) is 8.93. The van der Waals surface area contributed by atoms with Crippen LogP contribution in [0, 0.1) is 0 Å². The van der Waals surface area contributed by atoms with Gasteiger partial charge in [0.05, 0.1) is 12.7 Å². The van der Waals surface area contributed by atoms with Crippen molar-refractivity contribution in [3.63, 3.8) is 0 Å². The van der Waals surface area contributed by atoms with E-state index in [9.17, 15) is 0 Å². The van der Waals surface area contributed by atoms with Crippen LogP contribution in [0.2, 0.25) is 0 Å². The topological polar surface area (TPSA) is 30.5 Å². The average Bonchev–Trinajstić information content (AvgIpc) is 2.62. The number of nitrogens with one attached hydrogen (secondary N) is 1. The van der Waals surface area contributed by atoms with Crippen molar-refractivity contribution in [1.82, 2.24) is 0 Å². The Morgan fingerprint density at radius 1 is 0.917 bits per heavy atom. The zero-order chi connectivity index (χ0) is 17.2. The zero-order valence-corrected chi connectivity index (χ0v) is 15.0. The summed E-state index contributed by atoms with van der Waals surface area (Å²) in [7, 11) is 0. The molecule has 0 aliphatic heterocycles. The molecule has 0 aliphatic rings. The summed E-state index contributed by atoms with van der Waals surface area (Å²) in [5, 5.41) is 3.43. The van der Waals surface area contributed by atoms with Gasteiger partial charge in [0, 0.05) is 12.2 Å². The average molecular weight is 327 g/mol. The van der Waals surface area contributed by atoms with Crippen LogP contribution in [0.25, 0.3) is 0 Å². The van der Waals surface area contributed by atoms with Crippen molar-refractivity contribution in [2.24, 2.45) is 0 Å². The predicted octanol–water partition coefficient (Wildman–Crippen LogP) is 5.65. The van der Waals surface area contributed by atoms with Gasteiger partial charge in [0.15, 0.2) is 0 Å². The minimum Gasteiger partial charge on any atom is -0.494 e. The monoisotopic (exact) mass is 327 g/mol. The van der Waals surface area contributed by atoms with E-state index in [0.717, 1.165) is 49.6 Å². The maximum atomic E-state index is 5.79. The van der Waals surface area contributed by atoms with Gasteiger partial charge in [-0.2, -0.15) is 0 Å². The van der Waals surface area contributed by atoms with Crippen LogP contribution >= 0.6 is 0 Å². The van der Waals surface area contributed by atoms with E-state index in [4.69, 9.17) is 9.47 Å². The standard InChI is InChI=1S/C21H29NO2/c1-4-6-15-23-20-11-7-18(8-12-20)16-22-19-9-13-21(14-10-19)24-17(3)5-2/h7-14,17,22H,4-6,15-16H2,1-3H3/t17-/m0/s1. The van der Waals surface area contributed by atoms with Gasteiger partial charge in [-0.15, -0.1) is 0 Å². The Balaban J connectivity index is 1.80. The third-order valence-corrected chi connectivity index (χ3v) is 3.95. The van der Waals surface area contributed by atoms with Crippen LogP contribution < -0.4 is 14.8 Å². The largest absolute Gasteiger partial charge is 0.494 e. The molecule has 1 N–H and O–H groups in total. The summed E-state index contributed by atoms with van der Waals surface area (Å²) in [6.45, 7) is 7.96. The fourth-order valence-electron chi connectivity index (χ4n) is 2.21.